The lowest BCUT2D eigenvalue weighted by molar-refractivity contribution is 0.486. The number of anilines is 2. The molecular formula is C16H12Cl2N2O. The third kappa shape index (κ3) is 2.58. The first kappa shape index (κ1) is 13.9. The maximum Gasteiger partial charge on any atom is 0.152 e. The van der Waals surface area contributed by atoms with Gasteiger partial charge in [0.25, 0.3) is 0 Å². The van der Waals surface area contributed by atoms with Crippen LogP contribution in [0.15, 0.2) is 48.5 Å². The molecule has 0 fully saturated rings. The Morgan fingerprint density at radius 2 is 1.57 bits per heavy atom. The summed E-state index contributed by atoms with van der Waals surface area (Å²) >= 11 is 12.3. The molecule has 0 heterocycles. The lowest BCUT2D eigenvalue weighted by Crippen LogP contribution is -1.96. The second-order valence-corrected chi connectivity index (χ2v) is 5.40. The summed E-state index contributed by atoms with van der Waals surface area (Å²) in [6.45, 7) is 0. The lowest BCUT2D eigenvalue weighted by Gasteiger charge is -2.12. The van der Waals surface area contributed by atoms with E-state index in [4.69, 9.17) is 39.4 Å². The van der Waals surface area contributed by atoms with Crippen molar-refractivity contribution in [1.82, 2.24) is 0 Å². The van der Waals surface area contributed by atoms with Crippen molar-refractivity contribution >= 4 is 45.3 Å². The van der Waals surface area contributed by atoms with Gasteiger partial charge >= 0.3 is 0 Å². The van der Waals surface area contributed by atoms with Crippen LogP contribution >= 0.6 is 23.2 Å². The Morgan fingerprint density at radius 3 is 2.38 bits per heavy atom. The quantitative estimate of drug-likeness (QED) is 0.646. The molecule has 21 heavy (non-hydrogen) atoms. The number of nitrogen functional groups attached to an aromatic ring is 2. The molecule has 4 N–H and O–H groups in total. The Balaban J connectivity index is 2.06. The van der Waals surface area contributed by atoms with Crippen molar-refractivity contribution < 1.29 is 4.74 Å². The van der Waals surface area contributed by atoms with Gasteiger partial charge in [-0.3, -0.25) is 0 Å². The number of rotatable bonds is 2. The molecular weight excluding hydrogens is 307 g/mol. The van der Waals surface area contributed by atoms with E-state index >= 15 is 0 Å². The summed E-state index contributed by atoms with van der Waals surface area (Å²) < 4.78 is 5.79. The van der Waals surface area contributed by atoms with Gasteiger partial charge < -0.3 is 16.2 Å². The highest BCUT2D eigenvalue weighted by atomic mass is 35.5. The fourth-order valence-corrected chi connectivity index (χ4v) is 2.53. The van der Waals surface area contributed by atoms with Gasteiger partial charge in [-0.1, -0.05) is 53.5 Å². The van der Waals surface area contributed by atoms with E-state index in [0.717, 1.165) is 10.8 Å². The van der Waals surface area contributed by atoms with Crippen molar-refractivity contribution in [3.8, 4) is 11.5 Å². The van der Waals surface area contributed by atoms with Crippen LogP contribution in [0.2, 0.25) is 10.0 Å². The van der Waals surface area contributed by atoms with Gasteiger partial charge in [-0.15, -0.1) is 0 Å². The Hall–Kier alpha value is -2.10. The predicted octanol–water partition coefficient (Wildman–Crippen LogP) is 5.10. The SMILES string of the molecule is Nc1cc(Oc2ccc3ccccc3c2Cl)c(N)cc1Cl. The van der Waals surface area contributed by atoms with E-state index in [1.165, 1.54) is 0 Å². The summed E-state index contributed by atoms with van der Waals surface area (Å²) in [5, 5.41) is 2.88. The minimum atomic E-state index is 0.393. The van der Waals surface area contributed by atoms with Crippen molar-refractivity contribution in [2.24, 2.45) is 0 Å². The molecule has 3 aromatic carbocycles. The molecule has 0 amide bonds. The van der Waals surface area contributed by atoms with Crippen LogP contribution in [0.4, 0.5) is 11.4 Å². The average molecular weight is 319 g/mol. The first-order valence-corrected chi connectivity index (χ1v) is 7.01. The number of halogens is 2. The van der Waals surface area contributed by atoms with Gasteiger partial charge in [0.05, 0.1) is 21.4 Å². The van der Waals surface area contributed by atoms with Gasteiger partial charge in [-0.05, 0) is 17.5 Å². The molecule has 0 unspecified atom stereocenters. The van der Waals surface area contributed by atoms with E-state index < -0.39 is 0 Å². The van der Waals surface area contributed by atoms with E-state index in [9.17, 15) is 0 Å². The van der Waals surface area contributed by atoms with Gasteiger partial charge in [0, 0.05) is 11.5 Å². The number of benzene rings is 3. The molecule has 0 aliphatic rings. The molecule has 0 atom stereocenters. The van der Waals surface area contributed by atoms with Crippen molar-refractivity contribution in [3.05, 3.63) is 58.6 Å². The fourth-order valence-electron chi connectivity index (χ4n) is 2.08. The summed E-state index contributed by atoms with van der Waals surface area (Å²) in [7, 11) is 0. The molecule has 3 nitrogen and oxygen atoms in total. The van der Waals surface area contributed by atoms with Gasteiger partial charge in [-0.2, -0.15) is 0 Å². The van der Waals surface area contributed by atoms with Gasteiger partial charge in [0.15, 0.2) is 5.75 Å². The molecule has 0 bridgehead atoms. The number of hydrogen-bond acceptors (Lipinski definition) is 3. The Bertz CT molecular complexity index is 834. The van der Waals surface area contributed by atoms with Crippen LogP contribution in [0.25, 0.3) is 10.8 Å². The number of hydrogen-bond donors (Lipinski definition) is 2. The van der Waals surface area contributed by atoms with Crippen LogP contribution in [0.5, 0.6) is 11.5 Å². The van der Waals surface area contributed by atoms with Crippen LogP contribution in [-0.4, -0.2) is 0 Å². The Morgan fingerprint density at radius 1 is 0.810 bits per heavy atom. The molecule has 0 aliphatic heterocycles. The Labute approximate surface area is 132 Å². The molecule has 0 radical (unpaired) electrons. The van der Waals surface area contributed by atoms with Crippen molar-refractivity contribution in [2.75, 3.05) is 11.5 Å². The first-order chi connectivity index (χ1) is 10.1. The van der Waals surface area contributed by atoms with Gasteiger partial charge in [0.2, 0.25) is 0 Å². The topological polar surface area (TPSA) is 61.3 Å². The zero-order chi connectivity index (χ0) is 15.0. The molecule has 0 saturated carbocycles. The van der Waals surface area contributed by atoms with Gasteiger partial charge in [-0.25, -0.2) is 0 Å². The smallest absolute Gasteiger partial charge is 0.152 e. The minimum absolute atomic E-state index is 0.393. The minimum Gasteiger partial charge on any atom is -0.454 e. The lowest BCUT2D eigenvalue weighted by atomic mass is 10.1. The van der Waals surface area contributed by atoms with E-state index in [0.29, 0.717) is 32.9 Å². The van der Waals surface area contributed by atoms with Crippen LogP contribution in [0.3, 0.4) is 0 Å². The van der Waals surface area contributed by atoms with E-state index in [2.05, 4.69) is 0 Å². The first-order valence-electron chi connectivity index (χ1n) is 6.26. The molecule has 5 heteroatoms. The number of ether oxygens (including phenoxy) is 1. The second kappa shape index (κ2) is 5.35. The normalized spacial score (nSPS) is 10.8. The van der Waals surface area contributed by atoms with Gasteiger partial charge in [0.1, 0.15) is 5.75 Å². The molecule has 0 saturated heterocycles. The van der Waals surface area contributed by atoms with E-state index in [1.807, 2.05) is 30.3 Å². The molecule has 3 aromatic rings. The summed E-state index contributed by atoms with van der Waals surface area (Å²) in [6, 6.07) is 14.7. The number of nitrogens with two attached hydrogens (primary N) is 2. The molecule has 0 aliphatic carbocycles. The number of fused-ring (bicyclic) bond motifs is 1. The van der Waals surface area contributed by atoms with E-state index in [1.54, 1.807) is 18.2 Å². The average Bonchev–Trinajstić information content (AvgIpc) is 2.48. The summed E-state index contributed by atoms with van der Waals surface area (Å²) in [5.74, 6) is 0.942. The summed E-state index contributed by atoms with van der Waals surface area (Å²) in [6.07, 6.45) is 0. The van der Waals surface area contributed by atoms with Crippen molar-refractivity contribution in [3.63, 3.8) is 0 Å². The van der Waals surface area contributed by atoms with E-state index in [-0.39, 0.29) is 0 Å². The largest absolute Gasteiger partial charge is 0.454 e. The molecule has 3 rings (SSSR count). The highest BCUT2D eigenvalue weighted by molar-refractivity contribution is 6.37. The standard InChI is InChI=1S/C16H12Cl2N2O/c17-11-7-13(20)15(8-12(11)19)21-14-6-5-9-3-1-2-4-10(9)16(14)18/h1-8H,19-20H2. The molecule has 0 spiro atoms. The Kier molecular flexibility index (Phi) is 3.53. The van der Waals surface area contributed by atoms with Crippen molar-refractivity contribution in [2.45, 2.75) is 0 Å². The molecule has 106 valence electrons. The third-order valence-corrected chi connectivity index (χ3v) is 3.89. The van der Waals surface area contributed by atoms with Crippen LogP contribution in [-0.2, 0) is 0 Å². The zero-order valence-electron chi connectivity index (χ0n) is 10.9. The predicted molar refractivity (Wildman–Crippen MR) is 89.3 cm³/mol. The fraction of sp³-hybridized carbons (Fsp3) is 0. The van der Waals surface area contributed by atoms with Crippen LogP contribution < -0.4 is 16.2 Å². The van der Waals surface area contributed by atoms with Crippen molar-refractivity contribution in [1.29, 1.82) is 0 Å². The highest BCUT2D eigenvalue weighted by Gasteiger charge is 2.11. The summed E-state index contributed by atoms with van der Waals surface area (Å²) in [4.78, 5) is 0. The van der Waals surface area contributed by atoms with Crippen LogP contribution in [0, 0.1) is 0 Å². The maximum atomic E-state index is 6.39. The monoisotopic (exact) mass is 318 g/mol. The zero-order valence-corrected chi connectivity index (χ0v) is 12.4. The maximum absolute atomic E-state index is 6.39. The molecule has 0 aromatic heterocycles. The summed E-state index contributed by atoms with van der Waals surface area (Å²) in [5.41, 5.74) is 12.5. The van der Waals surface area contributed by atoms with Crippen LogP contribution in [0.1, 0.15) is 0 Å². The second-order valence-electron chi connectivity index (χ2n) is 4.61. The third-order valence-electron chi connectivity index (χ3n) is 3.18. The highest BCUT2D eigenvalue weighted by Crippen LogP contribution is 2.39.